The molecule has 1 aliphatic heterocycles. The highest BCUT2D eigenvalue weighted by Gasteiger charge is 2.44. The Hall–Kier alpha value is -0.610. The molecule has 4 heteroatoms. The molecule has 0 aromatic carbocycles. The standard InChI is InChI=1S/C12H23N3O/c13-11(14)7-12(3-4-12)9-15-5-1-10(8-16)2-6-15/h10,16H,1-9H2,(H3,13,14). The fourth-order valence-electron chi connectivity index (χ4n) is 2.77. The minimum absolute atomic E-state index is 0.331. The molecule has 1 saturated heterocycles. The van der Waals surface area contributed by atoms with Gasteiger partial charge in [0.25, 0.3) is 0 Å². The van der Waals surface area contributed by atoms with E-state index in [0.717, 1.165) is 38.9 Å². The van der Waals surface area contributed by atoms with Crippen molar-refractivity contribution in [2.24, 2.45) is 17.1 Å². The largest absolute Gasteiger partial charge is 0.396 e. The normalized spacial score (nSPS) is 25.6. The van der Waals surface area contributed by atoms with Gasteiger partial charge in [0.15, 0.2) is 0 Å². The van der Waals surface area contributed by atoms with Crippen molar-refractivity contribution in [1.82, 2.24) is 4.90 Å². The number of nitrogens with two attached hydrogens (primary N) is 1. The number of amidine groups is 1. The molecule has 1 heterocycles. The second-order valence-corrected chi connectivity index (χ2v) is 5.60. The molecule has 2 fully saturated rings. The van der Waals surface area contributed by atoms with Crippen LogP contribution in [0.25, 0.3) is 0 Å². The number of aliphatic hydroxyl groups excluding tert-OH is 1. The molecular weight excluding hydrogens is 202 g/mol. The summed E-state index contributed by atoms with van der Waals surface area (Å²) in [4.78, 5) is 2.49. The molecule has 0 radical (unpaired) electrons. The van der Waals surface area contributed by atoms with Gasteiger partial charge in [-0.05, 0) is 50.1 Å². The number of hydrogen-bond acceptors (Lipinski definition) is 3. The molecule has 0 unspecified atom stereocenters. The second-order valence-electron chi connectivity index (χ2n) is 5.60. The summed E-state index contributed by atoms with van der Waals surface area (Å²) in [5, 5.41) is 16.5. The van der Waals surface area contributed by atoms with Crippen LogP contribution >= 0.6 is 0 Å². The first-order valence-electron chi connectivity index (χ1n) is 6.30. The lowest BCUT2D eigenvalue weighted by Crippen LogP contribution is -2.39. The first kappa shape index (κ1) is 11.9. The molecule has 2 aliphatic rings. The van der Waals surface area contributed by atoms with Crippen LogP contribution in [0.3, 0.4) is 0 Å². The van der Waals surface area contributed by atoms with Crippen LogP contribution in [0.15, 0.2) is 0 Å². The predicted molar refractivity (Wildman–Crippen MR) is 64.4 cm³/mol. The zero-order valence-corrected chi connectivity index (χ0v) is 9.91. The molecule has 0 aromatic rings. The zero-order chi connectivity index (χ0) is 11.6. The van der Waals surface area contributed by atoms with E-state index in [1.54, 1.807) is 0 Å². The quantitative estimate of drug-likeness (QED) is 0.478. The summed E-state index contributed by atoms with van der Waals surface area (Å²) in [5.74, 6) is 0.849. The van der Waals surface area contributed by atoms with Gasteiger partial charge in [0.2, 0.25) is 0 Å². The maximum Gasteiger partial charge on any atom is 0.0911 e. The van der Waals surface area contributed by atoms with Crippen molar-refractivity contribution in [2.75, 3.05) is 26.2 Å². The molecule has 4 N–H and O–H groups in total. The molecule has 92 valence electrons. The van der Waals surface area contributed by atoms with Gasteiger partial charge in [0.1, 0.15) is 0 Å². The minimum Gasteiger partial charge on any atom is -0.396 e. The van der Waals surface area contributed by atoms with E-state index in [0.29, 0.717) is 23.8 Å². The van der Waals surface area contributed by atoms with E-state index in [-0.39, 0.29) is 0 Å². The van der Waals surface area contributed by atoms with E-state index in [4.69, 9.17) is 16.2 Å². The molecule has 1 saturated carbocycles. The molecule has 0 atom stereocenters. The molecular formula is C12H23N3O. The fourth-order valence-corrected chi connectivity index (χ4v) is 2.77. The van der Waals surface area contributed by atoms with Crippen molar-refractivity contribution in [3.05, 3.63) is 0 Å². The van der Waals surface area contributed by atoms with E-state index in [9.17, 15) is 0 Å². The minimum atomic E-state index is 0.331. The molecule has 16 heavy (non-hydrogen) atoms. The van der Waals surface area contributed by atoms with Crippen LogP contribution in [0, 0.1) is 16.7 Å². The van der Waals surface area contributed by atoms with Gasteiger partial charge in [-0.3, -0.25) is 5.41 Å². The number of piperidine rings is 1. The third kappa shape index (κ3) is 2.95. The van der Waals surface area contributed by atoms with Crippen molar-refractivity contribution in [3.63, 3.8) is 0 Å². The van der Waals surface area contributed by atoms with Crippen molar-refractivity contribution in [2.45, 2.75) is 32.1 Å². The Bertz CT molecular complexity index is 255. The predicted octanol–water partition coefficient (Wildman–Crippen LogP) is 0.797. The van der Waals surface area contributed by atoms with Crippen LogP contribution in [-0.2, 0) is 0 Å². The summed E-state index contributed by atoms with van der Waals surface area (Å²) < 4.78 is 0. The molecule has 4 nitrogen and oxygen atoms in total. The van der Waals surface area contributed by atoms with Crippen LogP contribution in [0.4, 0.5) is 0 Å². The maximum atomic E-state index is 9.08. The lowest BCUT2D eigenvalue weighted by atomic mass is 9.95. The second kappa shape index (κ2) is 4.72. The van der Waals surface area contributed by atoms with Gasteiger partial charge < -0.3 is 15.7 Å². The molecule has 0 bridgehead atoms. The number of rotatable bonds is 5. The molecule has 2 rings (SSSR count). The Morgan fingerprint density at radius 1 is 1.38 bits per heavy atom. The highest BCUT2D eigenvalue weighted by molar-refractivity contribution is 5.78. The number of nitrogens with one attached hydrogen (secondary N) is 1. The van der Waals surface area contributed by atoms with Gasteiger partial charge >= 0.3 is 0 Å². The third-order valence-corrected chi connectivity index (χ3v) is 4.05. The van der Waals surface area contributed by atoms with Gasteiger partial charge in [-0.15, -0.1) is 0 Å². The highest BCUT2D eigenvalue weighted by Crippen LogP contribution is 2.49. The van der Waals surface area contributed by atoms with Crippen LogP contribution in [0.5, 0.6) is 0 Å². The van der Waals surface area contributed by atoms with E-state index in [2.05, 4.69) is 4.90 Å². The lowest BCUT2D eigenvalue weighted by molar-refractivity contribution is 0.116. The summed E-state index contributed by atoms with van der Waals surface area (Å²) >= 11 is 0. The Labute approximate surface area is 97.3 Å². The average molecular weight is 225 g/mol. The van der Waals surface area contributed by atoms with Crippen molar-refractivity contribution in [1.29, 1.82) is 5.41 Å². The Balaban J connectivity index is 1.76. The van der Waals surface area contributed by atoms with E-state index in [1.807, 2.05) is 0 Å². The summed E-state index contributed by atoms with van der Waals surface area (Å²) in [6.07, 6.45) is 5.46. The average Bonchev–Trinajstić information content (AvgIpc) is 2.98. The Kier molecular flexibility index (Phi) is 3.50. The van der Waals surface area contributed by atoms with Crippen LogP contribution in [0.2, 0.25) is 0 Å². The molecule has 0 spiro atoms. The Morgan fingerprint density at radius 3 is 2.44 bits per heavy atom. The summed E-state index contributed by atoms with van der Waals surface area (Å²) in [7, 11) is 0. The smallest absolute Gasteiger partial charge is 0.0911 e. The lowest BCUT2D eigenvalue weighted by Gasteiger charge is -2.33. The topological polar surface area (TPSA) is 73.3 Å². The van der Waals surface area contributed by atoms with Gasteiger partial charge in [0, 0.05) is 19.6 Å². The van der Waals surface area contributed by atoms with Crippen LogP contribution < -0.4 is 5.73 Å². The van der Waals surface area contributed by atoms with Crippen molar-refractivity contribution < 1.29 is 5.11 Å². The SMILES string of the molecule is N=C(N)CC1(CN2CCC(CO)CC2)CC1. The van der Waals surface area contributed by atoms with Gasteiger partial charge in [-0.1, -0.05) is 0 Å². The monoisotopic (exact) mass is 225 g/mol. The Morgan fingerprint density at radius 2 is 2.00 bits per heavy atom. The van der Waals surface area contributed by atoms with E-state index >= 15 is 0 Å². The van der Waals surface area contributed by atoms with Gasteiger partial charge in [-0.25, -0.2) is 0 Å². The van der Waals surface area contributed by atoms with E-state index < -0.39 is 0 Å². The number of aliphatic hydroxyl groups is 1. The van der Waals surface area contributed by atoms with Crippen molar-refractivity contribution in [3.8, 4) is 0 Å². The third-order valence-electron chi connectivity index (χ3n) is 4.05. The first-order valence-corrected chi connectivity index (χ1v) is 6.30. The summed E-state index contributed by atoms with van der Waals surface area (Å²) in [5.41, 5.74) is 5.83. The summed E-state index contributed by atoms with van der Waals surface area (Å²) in [6, 6.07) is 0. The van der Waals surface area contributed by atoms with Crippen LogP contribution in [0.1, 0.15) is 32.1 Å². The van der Waals surface area contributed by atoms with Crippen LogP contribution in [-0.4, -0.2) is 42.1 Å². The number of likely N-dealkylation sites (tertiary alicyclic amines) is 1. The molecule has 1 aliphatic carbocycles. The zero-order valence-electron chi connectivity index (χ0n) is 9.91. The molecule has 0 aromatic heterocycles. The highest BCUT2D eigenvalue weighted by atomic mass is 16.3. The maximum absolute atomic E-state index is 9.08. The summed E-state index contributed by atoms with van der Waals surface area (Å²) in [6.45, 7) is 3.65. The molecule has 0 amide bonds. The number of hydrogen-bond donors (Lipinski definition) is 3. The number of nitrogens with zero attached hydrogens (tertiary/aromatic N) is 1. The van der Waals surface area contributed by atoms with Crippen molar-refractivity contribution >= 4 is 5.84 Å². The fraction of sp³-hybridized carbons (Fsp3) is 0.917. The van der Waals surface area contributed by atoms with Gasteiger partial charge in [0.05, 0.1) is 5.84 Å². The first-order chi connectivity index (χ1) is 7.63. The van der Waals surface area contributed by atoms with Gasteiger partial charge in [-0.2, -0.15) is 0 Å². The van der Waals surface area contributed by atoms with E-state index in [1.165, 1.54) is 12.8 Å².